The summed E-state index contributed by atoms with van der Waals surface area (Å²) in [6.45, 7) is 4.10. The molecule has 4 nitrogen and oxygen atoms in total. The highest BCUT2D eigenvalue weighted by atomic mass is 15.1. The maximum atomic E-state index is 4.46. The third kappa shape index (κ3) is 14.0. The smallest absolute Gasteiger partial charge is 0.0964 e. The highest BCUT2D eigenvalue weighted by molar-refractivity contribution is 5.83. The van der Waals surface area contributed by atoms with Crippen LogP contribution in [0.2, 0.25) is 0 Å². The molecule has 4 heteroatoms. The van der Waals surface area contributed by atoms with Crippen LogP contribution in [0.3, 0.4) is 0 Å². The van der Waals surface area contributed by atoms with E-state index in [0.29, 0.717) is 0 Å². The van der Waals surface area contributed by atoms with Crippen LogP contribution in [0.25, 0.3) is 0 Å². The molecule has 2 rings (SSSR count). The molecule has 2 aliphatic heterocycles. The van der Waals surface area contributed by atoms with Gasteiger partial charge in [-0.25, -0.2) is 0 Å². The molecule has 0 saturated carbocycles. The fraction of sp³-hybridized carbons (Fsp3) is 0.923. The van der Waals surface area contributed by atoms with Gasteiger partial charge in [0.25, 0.3) is 0 Å². The Balaban J connectivity index is 1.17. The molecule has 0 fully saturated rings. The number of hydrogen-bond donors (Lipinski definition) is 2. The summed E-state index contributed by atoms with van der Waals surface area (Å²) in [5.41, 5.74) is 0. The third-order valence-corrected chi connectivity index (χ3v) is 6.56. The summed E-state index contributed by atoms with van der Waals surface area (Å²) in [5.74, 6) is 2.52. The van der Waals surface area contributed by atoms with Crippen LogP contribution in [0.15, 0.2) is 9.98 Å². The number of unbranched alkanes of at least 4 members (excludes halogenated alkanes) is 17. The first-order chi connectivity index (χ1) is 14.9. The van der Waals surface area contributed by atoms with Crippen molar-refractivity contribution in [2.75, 3.05) is 26.2 Å². The van der Waals surface area contributed by atoms with Gasteiger partial charge in [-0.05, 0) is 12.8 Å². The van der Waals surface area contributed by atoms with E-state index in [1.807, 2.05) is 0 Å². The van der Waals surface area contributed by atoms with Crippen molar-refractivity contribution >= 4 is 11.7 Å². The van der Waals surface area contributed by atoms with E-state index in [2.05, 4.69) is 20.6 Å². The molecule has 0 unspecified atom stereocenters. The Bertz CT molecular complexity index is 416. The Kier molecular flexibility index (Phi) is 15.7. The summed E-state index contributed by atoms with van der Waals surface area (Å²) in [7, 11) is 0. The maximum Gasteiger partial charge on any atom is 0.0964 e. The van der Waals surface area contributed by atoms with Gasteiger partial charge in [0.2, 0.25) is 0 Å². The van der Waals surface area contributed by atoms with Crippen molar-refractivity contribution in [1.82, 2.24) is 10.6 Å². The molecule has 0 atom stereocenters. The first kappa shape index (κ1) is 25.2. The van der Waals surface area contributed by atoms with Crippen molar-refractivity contribution in [2.45, 2.75) is 128 Å². The minimum absolute atomic E-state index is 0.991. The zero-order chi connectivity index (χ0) is 21.0. The molecule has 2 aliphatic rings. The standard InChI is InChI=1S/C26H50N4/c1(3-5-7-9-11-13-15-17-19-25-27-21-22-28-25)2-4-6-8-10-12-14-16-18-20-26-29-23-24-30-26/h1-24H2,(H,27,28)(H,29,30). The highest BCUT2D eigenvalue weighted by Crippen LogP contribution is 2.15. The maximum absolute atomic E-state index is 4.46. The van der Waals surface area contributed by atoms with Gasteiger partial charge in [0.1, 0.15) is 0 Å². The fourth-order valence-corrected chi connectivity index (χ4v) is 4.64. The van der Waals surface area contributed by atoms with Crippen molar-refractivity contribution in [3.63, 3.8) is 0 Å². The lowest BCUT2D eigenvalue weighted by molar-refractivity contribution is 0.525. The molecule has 0 aromatic rings. The monoisotopic (exact) mass is 418 g/mol. The van der Waals surface area contributed by atoms with Gasteiger partial charge in [-0.1, -0.05) is 103 Å². The normalized spacial score (nSPS) is 15.7. The van der Waals surface area contributed by atoms with Crippen LogP contribution in [0, 0.1) is 0 Å². The predicted molar refractivity (Wildman–Crippen MR) is 133 cm³/mol. The van der Waals surface area contributed by atoms with Gasteiger partial charge in [0, 0.05) is 25.9 Å². The topological polar surface area (TPSA) is 48.8 Å². The van der Waals surface area contributed by atoms with Gasteiger partial charge in [-0.15, -0.1) is 0 Å². The molecule has 174 valence electrons. The molecule has 0 aromatic carbocycles. The molecule has 2 N–H and O–H groups in total. The Morgan fingerprint density at radius 2 is 0.667 bits per heavy atom. The van der Waals surface area contributed by atoms with Gasteiger partial charge >= 0.3 is 0 Å². The van der Waals surface area contributed by atoms with E-state index in [1.165, 1.54) is 140 Å². The van der Waals surface area contributed by atoms with Crippen molar-refractivity contribution in [3.8, 4) is 0 Å². The van der Waals surface area contributed by atoms with E-state index in [1.54, 1.807) is 0 Å². The molecule has 0 saturated heterocycles. The fourth-order valence-electron chi connectivity index (χ4n) is 4.64. The molecule has 30 heavy (non-hydrogen) atoms. The lowest BCUT2D eigenvalue weighted by atomic mass is 10.0. The third-order valence-electron chi connectivity index (χ3n) is 6.56. The van der Waals surface area contributed by atoms with Crippen LogP contribution in [0.5, 0.6) is 0 Å². The van der Waals surface area contributed by atoms with Crippen molar-refractivity contribution in [3.05, 3.63) is 0 Å². The van der Waals surface area contributed by atoms with E-state index < -0.39 is 0 Å². The van der Waals surface area contributed by atoms with Crippen LogP contribution in [-0.2, 0) is 0 Å². The van der Waals surface area contributed by atoms with Gasteiger partial charge in [-0.2, -0.15) is 0 Å². The summed E-state index contributed by atoms with van der Waals surface area (Å²) in [5, 5.41) is 6.74. The zero-order valence-electron chi connectivity index (χ0n) is 19.9. The van der Waals surface area contributed by atoms with Crippen molar-refractivity contribution in [1.29, 1.82) is 0 Å². The van der Waals surface area contributed by atoms with Crippen LogP contribution in [0.4, 0.5) is 0 Å². The summed E-state index contributed by atoms with van der Waals surface area (Å²) >= 11 is 0. The molecule has 0 radical (unpaired) electrons. The molecule has 0 aliphatic carbocycles. The predicted octanol–water partition coefficient (Wildman–Crippen LogP) is 6.79. The highest BCUT2D eigenvalue weighted by Gasteiger charge is 2.04. The minimum atomic E-state index is 0.991. The van der Waals surface area contributed by atoms with Gasteiger partial charge < -0.3 is 10.6 Å². The lowest BCUT2D eigenvalue weighted by Gasteiger charge is -2.05. The summed E-state index contributed by atoms with van der Waals surface area (Å²) in [6, 6.07) is 0. The van der Waals surface area contributed by atoms with E-state index in [-0.39, 0.29) is 0 Å². The Morgan fingerprint density at radius 3 is 0.900 bits per heavy atom. The zero-order valence-corrected chi connectivity index (χ0v) is 19.9. The summed E-state index contributed by atoms with van der Waals surface area (Å²) < 4.78 is 0. The van der Waals surface area contributed by atoms with Gasteiger partial charge in [0.15, 0.2) is 0 Å². The second kappa shape index (κ2) is 18.7. The average Bonchev–Trinajstić information content (AvgIpc) is 3.46. The minimum Gasteiger partial charge on any atom is -0.372 e. The second-order valence-corrected chi connectivity index (χ2v) is 9.37. The molecule has 0 spiro atoms. The molecule has 2 heterocycles. The number of rotatable bonds is 21. The number of amidine groups is 2. The Hall–Kier alpha value is -1.06. The quantitative estimate of drug-likeness (QED) is 0.202. The number of nitrogens with one attached hydrogen (secondary N) is 2. The van der Waals surface area contributed by atoms with E-state index in [4.69, 9.17) is 0 Å². The largest absolute Gasteiger partial charge is 0.372 e. The van der Waals surface area contributed by atoms with Crippen LogP contribution >= 0.6 is 0 Å². The number of aliphatic imine (C=N–C) groups is 2. The summed E-state index contributed by atoms with van der Waals surface area (Å²) in [4.78, 5) is 8.93. The second-order valence-electron chi connectivity index (χ2n) is 9.37. The van der Waals surface area contributed by atoms with Crippen LogP contribution < -0.4 is 10.6 Å². The van der Waals surface area contributed by atoms with Crippen LogP contribution in [-0.4, -0.2) is 37.9 Å². The van der Waals surface area contributed by atoms with Gasteiger partial charge in [0.05, 0.1) is 24.8 Å². The summed E-state index contributed by atoms with van der Waals surface area (Å²) in [6.07, 6.45) is 28.0. The molecule has 0 aromatic heterocycles. The molecule has 0 bridgehead atoms. The van der Waals surface area contributed by atoms with E-state index >= 15 is 0 Å². The van der Waals surface area contributed by atoms with Gasteiger partial charge in [-0.3, -0.25) is 9.98 Å². The SMILES string of the molecule is C(CCCCCCCCCCC1=NCCN1)CCCCCCCCCC1=NCCN1. The average molecular weight is 419 g/mol. The Labute approximate surface area is 187 Å². The molecular formula is C26H50N4. The first-order valence-electron chi connectivity index (χ1n) is 13.5. The van der Waals surface area contributed by atoms with Crippen molar-refractivity contribution < 1.29 is 0 Å². The van der Waals surface area contributed by atoms with Crippen LogP contribution in [0.1, 0.15) is 128 Å². The lowest BCUT2D eigenvalue weighted by Crippen LogP contribution is -2.17. The molecular weight excluding hydrogens is 368 g/mol. The number of hydrogen-bond acceptors (Lipinski definition) is 4. The Morgan fingerprint density at radius 1 is 0.400 bits per heavy atom. The van der Waals surface area contributed by atoms with E-state index in [9.17, 15) is 0 Å². The van der Waals surface area contributed by atoms with Crippen molar-refractivity contribution in [2.24, 2.45) is 9.98 Å². The number of nitrogens with zero attached hydrogens (tertiary/aromatic N) is 2. The first-order valence-corrected chi connectivity index (χ1v) is 13.5. The molecule has 0 amide bonds. The van der Waals surface area contributed by atoms with E-state index in [0.717, 1.165) is 26.2 Å².